The molecule has 5 rings (SSSR count). The molecule has 3 heterocycles. The number of ether oxygens (including phenoxy) is 1. The van der Waals surface area contributed by atoms with Crippen LogP contribution in [0.4, 0.5) is 21.2 Å². The molecule has 1 aromatic heterocycles. The third-order valence-corrected chi connectivity index (χ3v) is 8.13. The molecule has 1 aromatic carbocycles. The largest absolute Gasteiger partial charge is 0.378 e. The zero-order valence-electron chi connectivity index (χ0n) is 19.0. The van der Waals surface area contributed by atoms with Crippen molar-refractivity contribution in [3.63, 3.8) is 0 Å². The summed E-state index contributed by atoms with van der Waals surface area (Å²) in [5.74, 6) is 0.608. The zero-order valence-corrected chi connectivity index (χ0v) is 19.8. The van der Waals surface area contributed by atoms with Gasteiger partial charge < -0.3 is 25.2 Å². The summed E-state index contributed by atoms with van der Waals surface area (Å²) in [7, 11) is 0. The Balaban J connectivity index is 1.13. The van der Waals surface area contributed by atoms with Crippen LogP contribution in [0.25, 0.3) is 0 Å². The minimum absolute atomic E-state index is 0.0787. The highest BCUT2D eigenvalue weighted by atomic mass is 32.1. The van der Waals surface area contributed by atoms with Crippen LogP contribution in [-0.4, -0.2) is 49.7 Å². The van der Waals surface area contributed by atoms with Crippen molar-refractivity contribution in [1.29, 1.82) is 0 Å². The van der Waals surface area contributed by atoms with Crippen LogP contribution < -0.4 is 15.5 Å². The standard InChI is InChI=1S/C25H32N4O3S/c30-23(15-18-3-1-2-4-18)26-20-5-7-21(8-6-20)27-25(31)29-10-9-22-19(17-29)16-24(33-22)28-11-13-32-14-12-28/h5-8,16,18H,1-4,9-15,17H2,(H,26,30)(H,27,31). The Kier molecular flexibility index (Phi) is 6.83. The van der Waals surface area contributed by atoms with E-state index in [1.165, 1.54) is 28.3 Å². The maximum atomic E-state index is 12.9. The molecule has 2 aliphatic heterocycles. The number of carbonyl (C=O) groups excluding carboxylic acids is 2. The molecule has 1 saturated carbocycles. The number of benzene rings is 1. The lowest BCUT2D eigenvalue weighted by atomic mass is 10.0. The molecular formula is C25H32N4O3S. The van der Waals surface area contributed by atoms with Gasteiger partial charge in [0.2, 0.25) is 5.91 Å². The first-order valence-corrected chi connectivity index (χ1v) is 12.9. The topological polar surface area (TPSA) is 73.9 Å². The van der Waals surface area contributed by atoms with Gasteiger partial charge in [-0.05, 0) is 61.1 Å². The second kappa shape index (κ2) is 10.1. The number of fused-ring (bicyclic) bond motifs is 1. The quantitative estimate of drug-likeness (QED) is 0.668. The lowest BCUT2D eigenvalue weighted by Crippen LogP contribution is -2.38. The molecule has 3 amide bonds. The number of rotatable bonds is 5. The zero-order chi connectivity index (χ0) is 22.6. The number of carbonyl (C=O) groups is 2. The molecule has 0 unspecified atom stereocenters. The van der Waals surface area contributed by atoms with Crippen LogP contribution in [0.2, 0.25) is 0 Å². The van der Waals surface area contributed by atoms with E-state index in [2.05, 4.69) is 21.6 Å². The fraction of sp³-hybridized carbons (Fsp3) is 0.520. The van der Waals surface area contributed by atoms with Gasteiger partial charge in [0.05, 0.1) is 18.2 Å². The predicted molar refractivity (Wildman–Crippen MR) is 132 cm³/mol. The SMILES string of the molecule is O=C(CC1CCCC1)Nc1ccc(NC(=O)N2CCc3sc(N4CCOCC4)cc3C2)cc1. The molecule has 3 aliphatic rings. The highest BCUT2D eigenvalue weighted by molar-refractivity contribution is 7.16. The van der Waals surface area contributed by atoms with E-state index < -0.39 is 0 Å². The van der Waals surface area contributed by atoms with Gasteiger partial charge in [0.25, 0.3) is 0 Å². The summed E-state index contributed by atoms with van der Waals surface area (Å²) in [4.78, 5) is 30.7. The normalized spacial score (nSPS) is 18.8. The van der Waals surface area contributed by atoms with Crippen molar-refractivity contribution in [2.45, 2.75) is 45.1 Å². The van der Waals surface area contributed by atoms with E-state index in [9.17, 15) is 9.59 Å². The van der Waals surface area contributed by atoms with Crippen molar-refractivity contribution in [3.8, 4) is 0 Å². The van der Waals surface area contributed by atoms with Crippen LogP contribution in [0.1, 0.15) is 42.5 Å². The van der Waals surface area contributed by atoms with Crippen LogP contribution in [0.5, 0.6) is 0 Å². The van der Waals surface area contributed by atoms with Crippen LogP contribution in [0, 0.1) is 5.92 Å². The van der Waals surface area contributed by atoms with E-state index in [4.69, 9.17) is 4.74 Å². The molecular weight excluding hydrogens is 436 g/mol. The number of hydrogen-bond donors (Lipinski definition) is 2. The second-order valence-corrected chi connectivity index (χ2v) is 10.3. The molecule has 176 valence electrons. The van der Waals surface area contributed by atoms with Gasteiger partial charge >= 0.3 is 6.03 Å². The van der Waals surface area contributed by atoms with E-state index in [0.29, 0.717) is 18.9 Å². The van der Waals surface area contributed by atoms with Crippen LogP contribution in [0.15, 0.2) is 30.3 Å². The highest BCUT2D eigenvalue weighted by Gasteiger charge is 2.25. The lowest BCUT2D eigenvalue weighted by Gasteiger charge is -2.27. The van der Waals surface area contributed by atoms with Crippen molar-refractivity contribution in [3.05, 3.63) is 40.8 Å². The molecule has 1 aliphatic carbocycles. The summed E-state index contributed by atoms with van der Waals surface area (Å²) in [6.45, 7) is 4.77. The summed E-state index contributed by atoms with van der Waals surface area (Å²) in [6.07, 6.45) is 6.31. The van der Waals surface area contributed by atoms with Gasteiger partial charge in [-0.15, -0.1) is 11.3 Å². The maximum absolute atomic E-state index is 12.9. The molecule has 0 bridgehead atoms. The summed E-state index contributed by atoms with van der Waals surface area (Å²) >= 11 is 1.85. The van der Waals surface area contributed by atoms with Crippen molar-refractivity contribution in [1.82, 2.24) is 4.90 Å². The maximum Gasteiger partial charge on any atom is 0.322 e. The Morgan fingerprint density at radius 1 is 1.00 bits per heavy atom. The summed E-state index contributed by atoms with van der Waals surface area (Å²) in [5, 5.41) is 7.27. The first-order valence-electron chi connectivity index (χ1n) is 12.0. The summed E-state index contributed by atoms with van der Waals surface area (Å²) in [6, 6.07) is 9.55. The van der Waals surface area contributed by atoms with Crippen molar-refractivity contribution in [2.24, 2.45) is 5.92 Å². The Bertz CT molecular complexity index is 978. The molecule has 0 spiro atoms. The van der Waals surface area contributed by atoms with Gasteiger partial charge in [-0.2, -0.15) is 0 Å². The number of morpholine rings is 1. The Labute approximate surface area is 199 Å². The summed E-state index contributed by atoms with van der Waals surface area (Å²) < 4.78 is 5.46. The van der Waals surface area contributed by atoms with Gasteiger partial charge in [-0.1, -0.05) is 12.8 Å². The fourth-order valence-electron chi connectivity index (χ4n) is 4.96. The third-order valence-electron chi connectivity index (χ3n) is 6.83. The third kappa shape index (κ3) is 5.50. The highest BCUT2D eigenvalue weighted by Crippen LogP contribution is 2.34. The molecule has 1 saturated heterocycles. The monoisotopic (exact) mass is 468 g/mol. The second-order valence-electron chi connectivity index (χ2n) is 9.21. The van der Waals surface area contributed by atoms with Crippen LogP contribution >= 0.6 is 11.3 Å². The first-order chi connectivity index (χ1) is 16.1. The number of thiophene rings is 1. The van der Waals surface area contributed by atoms with E-state index in [-0.39, 0.29) is 11.9 Å². The lowest BCUT2D eigenvalue weighted by molar-refractivity contribution is -0.117. The average Bonchev–Trinajstić information content (AvgIpc) is 3.50. The Morgan fingerprint density at radius 3 is 2.42 bits per heavy atom. The first kappa shape index (κ1) is 22.2. The minimum Gasteiger partial charge on any atom is -0.378 e. The Hall–Kier alpha value is -2.58. The van der Waals surface area contributed by atoms with Crippen LogP contribution in [0.3, 0.4) is 0 Å². The molecule has 2 fully saturated rings. The number of nitrogens with one attached hydrogen (secondary N) is 2. The molecule has 2 N–H and O–H groups in total. The van der Waals surface area contributed by atoms with Gasteiger partial charge in [0.15, 0.2) is 0 Å². The van der Waals surface area contributed by atoms with Gasteiger partial charge in [0.1, 0.15) is 0 Å². The fourth-order valence-corrected chi connectivity index (χ4v) is 6.17. The molecule has 0 radical (unpaired) electrons. The molecule has 2 aromatic rings. The predicted octanol–water partition coefficient (Wildman–Crippen LogP) is 4.69. The average molecular weight is 469 g/mol. The van der Waals surface area contributed by atoms with Crippen LogP contribution in [-0.2, 0) is 22.5 Å². The number of amides is 3. The van der Waals surface area contributed by atoms with E-state index in [1.54, 1.807) is 0 Å². The van der Waals surface area contributed by atoms with Crippen molar-refractivity contribution < 1.29 is 14.3 Å². The Morgan fingerprint density at radius 2 is 1.70 bits per heavy atom. The van der Waals surface area contributed by atoms with E-state index >= 15 is 0 Å². The van der Waals surface area contributed by atoms with Gasteiger partial charge in [-0.3, -0.25) is 4.79 Å². The van der Waals surface area contributed by atoms with Crippen molar-refractivity contribution in [2.75, 3.05) is 48.4 Å². The molecule has 33 heavy (non-hydrogen) atoms. The van der Waals surface area contributed by atoms with E-state index in [1.807, 2.05) is 40.5 Å². The minimum atomic E-state index is -0.0854. The number of hydrogen-bond acceptors (Lipinski definition) is 5. The van der Waals surface area contributed by atoms with Gasteiger partial charge in [-0.25, -0.2) is 4.79 Å². The molecule has 8 heteroatoms. The van der Waals surface area contributed by atoms with E-state index in [0.717, 1.165) is 63.5 Å². The molecule has 0 atom stereocenters. The smallest absolute Gasteiger partial charge is 0.322 e. The number of urea groups is 1. The number of anilines is 3. The number of nitrogens with zero attached hydrogens (tertiary/aromatic N) is 2. The van der Waals surface area contributed by atoms with Gasteiger partial charge in [0, 0.05) is 48.9 Å². The van der Waals surface area contributed by atoms with Crippen molar-refractivity contribution >= 4 is 39.7 Å². The summed E-state index contributed by atoms with van der Waals surface area (Å²) in [5.41, 5.74) is 2.76. The molecule has 7 nitrogen and oxygen atoms in total.